The maximum absolute atomic E-state index is 5.93. The van der Waals surface area contributed by atoms with Crippen LogP contribution in [-0.4, -0.2) is 33.4 Å². The Morgan fingerprint density at radius 2 is 0.976 bits per heavy atom. The highest BCUT2D eigenvalue weighted by atomic mass is 16.5. The van der Waals surface area contributed by atoms with Crippen LogP contribution in [0.4, 0.5) is 0 Å². The Morgan fingerprint density at radius 3 is 1.52 bits per heavy atom. The lowest BCUT2D eigenvalue weighted by Crippen LogP contribution is -1.99. The normalized spacial score (nSPS) is 10.9. The molecule has 1 heterocycles. The third-order valence-electron chi connectivity index (χ3n) is 7.45. The number of ether oxygens (including phenoxy) is 4. The van der Waals surface area contributed by atoms with E-state index in [1.54, 1.807) is 28.4 Å². The van der Waals surface area contributed by atoms with Gasteiger partial charge in [0, 0.05) is 33.7 Å². The molecular weight excluding hydrogens is 522 g/mol. The third-order valence-corrected chi connectivity index (χ3v) is 7.45. The van der Waals surface area contributed by atoms with Crippen LogP contribution in [-0.2, 0) is 0 Å². The van der Waals surface area contributed by atoms with Gasteiger partial charge in [-0.1, -0.05) is 91.0 Å². The standard InChI is InChI=1S/C37H31NO4/c1-39-32-21-27(20-29(36(32)41-3)25-16-10-6-11-17-25)35-28(24-14-8-5-9-15-24)22-30-31(38-35)23-33(40-2)37(42-4)34(30)26-18-12-7-13-19-26/h5-23H,1-4H3. The number of aromatic nitrogens is 1. The molecule has 42 heavy (non-hydrogen) atoms. The summed E-state index contributed by atoms with van der Waals surface area (Å²) in [5.41, 5.74) is 8.44. The Hall–Kier alpha value is -5.29. The molecule has 1 aromatic heterocycles. The molecule has 0 unspecified atom stereocenters. The lowest BCUT2D eigenvalue weighted by atomic mass is 9.92. The molecule has 0 amide bonds. The van der Waals surface area contributed by atoms with Crippen LogP contribution < -0.4 is 18.9 Å². The molecule has 0 aliphatic carbocycles. The van der Waals surface area contributed by atoms with Gasteiger partial charge in [0.2, 0.25) is 0 Å². The number of pyridine rings is 1. The van der Waals surface area contributed by atoms with E-state index in [1.807, 2.05) is 66.7 Å². The maximum Gasteiger partial charge on any atom is 0.169 e. The van der Waals surface area contributed by atoms with Gasteiger partial charge in [-0.3, -0.25) is 0 Å². The Morgan fingerprint density at radius 1 is 0.452 bits per heavy atom. The quantitative estimate of drug-likeness (QED) is 0.188. The zero-order valence-electron chi connectivity index (χ0n) is 24.0. The molecule has 208 valence electrons. The predicted octanol–water partition coefficient (Wildman–Crippen LogP) is 8.94. The van der Waals surface area contributed by atoms with Gasteiger partial charge in [-0.15, -0.1) is 0 Å². The number of hydrogen-bond acceptors (Lipinski definition) is 5. The van der Waals surface area contributed by atoms with Crippen LogP contribution in [0.5, 0.6) is 23.0 Å². The van der Waals surface area contributed by atoms with Gasteiger partial charge in [-0.2, -0.15) is 0 Å². The zero-order chi connectivity index (χ0) is 29.1. The number of methoxy groups -OCH3 is 4. The van der Waals surface area contributed by atoms with Gasteiger partial charge in [-0.25, -0.2) is 4.98 Å². The van der Waals surface area contributed by atoms with Crippen LogP contribution in [0.2, 0.25) is 0 Å². The van der Waals surface area contributed by atoms with Crippen LogP contribution >= 0.6 is 0 Å². The SMILES string of the molecule is COc1cc(-c2nc3cc(OC)c(OC)c(-c4ccccc4)c3cc2-c2ccccc2)cc(-c2ccccc2)c1OC. The Kier molecular flexibility index (Phi) is 7.48. The molecule has 0 saturated carbocycles. The predicted molar refractivity (Wildman–Crippen MR) is 170 cm³/mol. The van der Waals surface area contributed by atoms with E-state index in [9.17, 15) is 0 Å². The van der Waals surface area contributed by atoms with Gasteiger partial charge in [-0.05, 0) is 34.9 Å². The fourth-order valence-electron chi connectivity index (χ4n) is 5.51. The van der Waals surface area contributed by atoms with Gasteiger partial charge < -0.3 is 18.9 Å². The van der Waals surface area contributed by atoms with Crippen LogP contribution in [0.15, 0.2) is 115 Å². The van der Waals surface area contributed by atoms with Gasteiger partial charge in [0.05, 0.1) is 39.6 Å². The van der Waals surface area contributed by atoms with Crippen molar-refractivity contribution in [3.05, 3.63) is 115 Å². The van der Waals surface area contributed by atoms with Crippen LogP contribution in [0.25, 0.3) is 55.5 Å². The fraction of sp³-hybridized carbons (Fsp3) is 0.108. The first-order chi connectivity index (χ1) is 20.7. The molecule has 6 aromatic rings. The summed E-state index contributed by atoms with van der Waals surface area (Å²) in [5, 5.41) is 0.963. The first-order valence-electron chi connectivity index (χ1n) is 13.7. The Bertz CT molecular complexity index is 1850. The number of nitrogens with zero attached hydrogens (tertiary/aromatic N) is 1. The molecule has 0 atom stereocenters. The molecule has 0 spiro atoms. The molecule has 0 bridgehead atoms. The topological polar surface area (TPSA) is 49.8 Å². The van der Waals surface area contributed by atoms with Gasteiger partial charge >= 0.3 is 0 Å². The molecule has 0 N–H and O–H groups in total. The summed E-state index contributed by atoms with van der Waals surface area (Å²) in [4.78, 5) is 5.33. The lowest BCUT2D eigenvalue weighted by Gasteiger charge is -2.20. The second-order valence-electron chi connectivity index (χ2n) is 9.80. The highest BCUT2D eigenvalue weighted by Gasteiger charge is 2.22. The number of hydrogen-bond donors (Lipinski definition) is 0. The van der Waals surface area contributed by atoms with E-state index in [0.29, 0.717) is 23.0 Å². The van der Waals surface area contributed by atoms with E-state index in [0.717, 1.165) is 55.5 Å². The zero-order valence-corrected chi connectivity index (χ0v) is 24.0. The molecule has 5 heteroatoms. The van der Waals surface area contributed by atoms with Crippen molar-refractivity contribution in [3.63, 3.8) is 0 Å². The molecule has 5 aromatic carbocycles. The largest absolute Gasteiger partial charge is 0.493 e. The Balaban J connectivity index is 1.72. The molecule has 6 rings (SSSR count). The minimum atomic E-state index is 0.618. The molecule has 5 nitrogen and oxygen atoms in total. The first-order valence-corrected chi connectivity index (χ1v) is 13.7. The molecule has 0 radical (unpaired) electrons. The van der Waals surface area contributed by atoms with Gasteiger partial charge in [0.1, 0.15) is 0 Å². The summed E-state index contributed by atoms with van der Waals surface area (Å²) in [6, 6.07) is 38.9. The Labute approximate surface area is 245 Å². The minimum absolute atomic E-state index is 0.618. The summed E-state index contributed by atoms with van der Waals surface area (Å²) >= 11 is 0. The van der Waals surface area contributed by atoms with Crippen LogP contribution in [0.3, 0.4) is 0 Å². The summed E-state index contributed by atoms with van der Waals surface area (Å²) < 4.78 is 23.4. The smallest absolute Gasteiger partial charge is 0.169 e. The van der Waals surface area contributed by atoms with Crippen molar-refractivity contribution in [3.8, 4) is 67.6 Å². The van der Waals surface area contributed by atoms with E-state index in [4.69, 9.17) is 23.9 Å². The van der Waals surface area contributed by atoms with Crippen molar-refractivity contribution < 1.29 is 18.9 Å². The van der Waals surface area contributed by atoms with Crippen LogP contribution in [0, 0.1) is 0 Å². The number of fused-ring (bicyclic) bond motifs is 1. The van der Waals surface area contributed by atoms with Crippen molar-refractivity contribution in [2.75, 3.05) is 28.4 Å². The molecule has 0 aliphatic heterocycles. The molecule has 0 fully saturated rings. The summed E-state index contributed by atoms with van der Waals surface area (Å²) in [6.45, 7) is 0. The summed E-state index contributed by atoms with van der Waals surface area (Å²) in [5.74, 6) is 2.59. The monoisotopic (exact) mass is 553 g/mol. The van der Waals surface area contributed by atoms with Crippen molar-refractivity contribution in [2.45, 2.75) is 0 Å². The van der Waals surface area contributed by atoms with Crippen LogP contribution in [0.1, 0.15) is 0 Å². The van der Waals surface area contributed by atoms with E-state index < -0.39 is 0 Å². The maximum atomic E-state index is 5.93. The first kappa shape index (κ1) is 26.9. The number of benzene rings is 5. The fourth-order valence-corrected chi connectivity index (χ4v) is 5.51. The van der Waals surface area contributed by atoms with E-state index in [2.05, 4.69) is 48.5 Å². The highest BCUT2D eigenvalue weighted by molar-refractivity contribution is 6.04. The lowest BCUT2D eigenvalue weighted by molar-refractivity contribution is 0.356. The molecular formula is C37H31NO4. The average molecular weight is 554 g/mol. The van der Waals surface area contributed by atoms with Crippen molar-refractivity contribution >= 4 is 10.9 Å². The second-order valence-corrected chi connectivity index (χ2v) is 9.80. The van der Waals surface area contributed by atoms with Crippen molar-refractivity contribution in [2.24, 2.45) is 0 Å². The summed E-state index contributed by atoms with van der Waals surface area (Å²) in [6.07, 6.45) is 0. The van der Waals surface area contributed by atoms with Gasteiger partial charge in [0.15, 0.2) is 23.0 Å². The minimum Gasteiger partial charge on any atom is -0.493 e. The second kappa shape index (κ2) is 11.7. The van der Waals surface area contributed by atoms with Crippen molar-refractivity contribution in [1.29, 1.82) is 0 Å². The third kappa shape index (κ3) is 4.79. The van der Waals surface area contributed by atoms with Crippen molar-refractivity contribution in [1.82, 2.24) is 4.98 Å². The van der Waals surface area contributed by atoms with E-state index >= 15 is 0 Å². The average Bonchev–Trinajstić information content (AvgIpc) is 3.07. The molecule has 0 aliphatic rings. The molecule has 0 saturated heterocycles. The van der Waals surface area contributed by atoms with E-state index in [-0.39, 0.29) is 0 Å². The number of rotatable bonds is 8. The van der Waals surface area contributed by atoms with Gasteiger partial charge in [0.25, 0.3) is 0 Å². The summed E-state index contributed by atoms with van der Waals surface area (Å²) in [7, 11) is 6.65. The van der Waals surface area contributed by atoms with E-state index in [1.165, 1.54) is 0 Å². The highest BCUT2D eigenvalue weighted by Crippen LogP contribution is 2.47.